The highest BCUT2D eigenvalue weighted by Crippen LogP contribution is 2.59. The summed E-state index contributed by atoms with van der Waals surface area (Å²) in [5.41, 5.74) is 0.219. The lowest BCUT2D eigenvalue weighted by Gasteiger charge is -2.33. The van der Waals surface area contributed by atoms with Crippen molar-refractivity contribution in [3.8, 4) is 0 Å². The van der Waals surface area contributed by atoms with E-state index in [1.54, 1.807) is 11.2 Å². The number of amides is 2. The second kappa shape index (κ2) is 9.25. The first kappa shape index (κ1) is 21.0. The van der Waals surface area contributed by atoms with E-state index in [-0.39, 0.29) is 29.4 Å². The van der Waals surface area contributed by atoms with Gasteiger partial charge in [-0.2, -0.15) is 0 Å². The van der Waals surface area contributed by atoms with Crippen molar-refractivity contribution in [3.63, 3.8) is 0 Å². The minimum atomic E-state index is -0.241. The third-order valence-corrected chi connectivity index (χ3v) is 6.91. The van der Waals surface area contributed by atoms with Crippen molar-refractivity contribution in [1.29, 1.82) is 0 Å². The number of furan rings is 1. The molecule has 1 atom stereocenters. The van der Waals surface area contributed by atoms with Gasteiger partial charge in [0.1, 0.15) is 5.76 Å². The zero-order valence-electron chi connectivity index (χ0n) is 17.8. The van der Waals surface area contributed by atoms with Gasteiger partial charge in [0.2, 0.25) is 5.91 Å². The Hall–Kier alpha value is -2.28. The molecule has 1 saturated carbocycles. The first-order valence-electron chi connectivity index (χ1n) is 11.2. The van der Waals surface area contributed by atoms with Crippen molar-refractivity contribution in [2.45, 2.75) is 45.1 Å². The minimum Gasteiger partial charge on any atom is -0.465 e. The molecular weight excluding hydrogens is 382 g/mol. The molecule has 3 heterocycles. The molecule has 1 aromatic heterocycles. The van der Waals surface area contributed by atoms with E-state index in [4.69, 9.17) is 9.15 Å². The molecule has 0 aromatic carbocycles. The first-order valence-corrected chi connectivity index (χ1v) is 11.2. The molecule has 4 rings (SSSR count). The minimum absolute atomic E-state index is 0.168. The lowest BCUT2D eigenvalue weighted by molar-refractivity contribution is -0.124. The van der Waals surface area contributed by atoms with E-state index >= 15 is 0 Å². The van der Waals surface area contributed by atoms with Crippen molar-refractivity contribution in [2.24, 2.45) is 11.3 Å². The summed E-state index contributed by atoms with van der Waals surface area (Å²) in [5, 5.41) is 3.25. The summed E-state index contributed by atoms with van der Waals surface area (Å²) in [6, 6.07) is 4.02. The number of carbonyl (C=O) groups excluding carboxylic acids is 2. The lowest BCUT2D eigenvalue weighted by Crippen LogP contribution is -2.47. The van der Waals surface area contributed by atoms with Crippen LogP contribution in [0.1, 0.15) is 44.8 Å². The van der Waals surface area contributed by atoms with Gasteiger partial charge in [-0.15, -0.1) is 0 Å². The summed E-state index contributed by atoms with van der Waals surface area (Å²) < 4.78 is 10.4. The van der Waals surface area contributed by atoms with Crippen LogP contribution in [-0.4, -0.2) is 67.2 Å². The monoisotopic (exact) mass is 415 g/mol. The number of piperidine rings is 2. The number of hydrogen-bond acceptors (Lipinski definition) is 5. The highest BCUT2D eigenvalue weighted by atomic mass is 16.6. The molecule has 2 aliphatic heterocycles. The van der Waals surface area contributed by atoms with Gasteiger partial charge in [0, 0.05) is 31.6 Å². The molecule has 30 heavy (non-hydrogen) atoms. The second-order valence-corrected chi connectivity index (χ2v) is 8.81. The fraction of sp³-hybridized carbons (Fsp3) is 0.652. The van der Waals surface area contributed by atoms with Crippen molar-refractivity contribution in [2.75, 3.05) is 39.3 Å². The normalized spacial score (nSPS) is 24.3. The number of carbonyl (C=O) groups is 2. The Morgan fingerprint density at radius 3 is 2.70 bits per heavy atom. The first-order chi connectivity index (χ1) is 14.6. The molecule has 164 valence electrons. The van der Waals surface area contributed by atoms with Crippen LogP contribution in [0.5, 0.6) is 0 Å². The molecular formula is C23H33N3O4. The summed E-state index contributed by atoms with van der Waals surface area (Å²) >= 11 is 0. The van der Waals surface area contributed by atoms with Gasteiger partial charge in [-0.3, -0.25) is 9.69 Å². The molecule has 1 aliphatic carbocycles. The SMILES string of the molecule is CCOC(=O)N1CCC(NC(=O)C2CC23CCN(CC=Cc2ccco2)CC3)CC1. The summed E-state index contributed by atoms with van der Waals surface area (Å²) in [5.74, 6) is 1.27. The van der Waals surface area contributed by atoms with E-state index in [9.17, 15) is 9.59 Å². The van der Waals surface area contributed by atoms with E-state index in [1.165, 1.54) is 0 Å². The topological polar surface area (TPSA) is 75.0 Å². The lowest BCUT2D eigenvalue weighted by atomic mass is 9.90. The molecule has 3 fully saturated rings. The summed E-state index contributed by atoms with van der Waals surface area (Å²) in [6.07, 6.45) is 10.4. The number of nitrogens with one attached hydrogen (secondary N) is 1. The molecule has 7 heteroatoms. The molecule has 2 amide bonds. The molecule has 1 aromatic rings. The van der Waals surface area contributed by atoms with E-state index < -0.39 is 0 Å². The molecule has 1 spiro atoms. The average Bonchev–Trinajstić information content (AvgIpc) is 3.19. The van der Waals surface area contributed by atoms with Gasteiger partial charge in [-0.25, -0.2) is 4.79 Å². The Morgan fingerprint density at radius 1 is 1.27 bits per heavy atom. The largest absolute Gasteiger partial charge is 0.465 e. The fourth-order valence-electron chi connectivity index (χ4n) is 4.88. The third-order valence-electron chi connectivity index (χ3n) is 6.91. The summed E-state index contributed by atoms with van der Waals surface area (Å²) in [6.45, 7) is 6.54. The number of nitrogens with zero attached hydrogens (tertiary/aromatic N) is 2. The van der Waals surface area contributed by atoms with E-state index in [0.29, 0.717) is 19.7 Å². The average molecular weight is 416 g/mol. The van der Waals surface area contributed by atoms with Crippen LogP contribution >= 0.6 is 0 Å². The van der Waals surface area contributed by atoms with Gasteiger partial charge < -0.3 is 19.4 Å². The maximum absolute atomic E-state index is 12.8. The van der Waals surface area contributed by atoms with Gasteiger partial charge in [-0.05, 0) is 75.7 Å². The van der Waals surface area contributed by atoms with Crippen molar-refractivity contribution < 1.29 is 18.7 Å². The Kier molecular flexibility index (Phi) is 6.46. The van der Waals surface area contributed by atoms with Gasteiger partial charge in [0.05, 0.1) is 12.9 Å². The predicted octanol–water partition coefficient (Wildman–Crippen LogP) is 3.13. The standard InChI is InChI=1S/C23H33N3O4/c1-2-29-22(28)26-12-7-18(8-13-26)24-21(27)20-17-23(20)9-14-25(15-10-23)11-3-5-19-6-4-16-30-19/h3-6,16,18,20H,2,7-15,17H2,1H3,(H,24,27). The van der Waals surface area contributed by atoms with Crippen molar-refractivity contribution in [3.05, 3.63) is 30.2 Å². The molecule has 1 N–H and O–H groups in total. The van der Waals surface area contributed by atoms with Gasteiger partial charge >= 0.3 is 6.09 Å². The number of ether oxygens (including phenoxy) is 1. The van der Waals surface area contributed by atoms with Crippen LogP contribution in [0.3, 0.4) is 0 Å². The van der Waals surface area contributed by atoms with Crippen molar-refractivity contribution in [1.82, 2.24) is 15.1 Å². The van der Waals surface area contributed by atoms with Crippen LogP contribution in [0.2, 0.25) is 0 Å². The van der Waals surface area contributed by atoms with Gasteiger partial charge in [-0.1, -0.05) is 6.08 Å². The predicted molar refractivity (Wildman–Crippen MR) is 114 cm³/mol. The van der Waals surface area contributed by atoms with Crippen LogP contribution in [0.25, 0.3) is 6.08 Å². The quantitative estimate of drug-likeness (QED) is 0.773. The molecule has 2 saturated heterocycles. The zero-order valence-corrected chi connectivity index (χ0v) is 17.8. The third kappa shape index (κ3) is 4.89. The molecule has 3 aliphatic rings. The number of hydrogen-bond donors (Lipinski definition) is 1. The number of rotatable bonds is 6. The summed E-state index contributed by atoms with van der Waals surface area (Å²) in [4.78, 5) is 28.8. The molecule has 0 bridgehead atoms. The Bertz CT molecular complexity index is 745. The Balaban J connectivity index is 1.16. The highest BCUT2D eigenvalue weighted by Gasteiger charge is 2.58. The maximum Gasteiger partial charge on any atom is 0.409 e. The molecule has 0 radical (unpaired) electrons. The second-order valence-electron chi connectivity index (χ2n) is 8.81. The van der Waals surface area contributed by atoms with Crippen LogP contribution in [0, 0.1) is 11.3 Å². The van der Waals surface area contributed by atoms with E-state index in [0.717, 1.165) is 57.5 Å². The summed E-state index contributed by atoms with van der Waals surface area (Å²) in [7, 11) is 0. The number of likely N-dealkylation sites (tertiary alicyclic amines) is 2. The van der Waals surface area contributed by atoms with Gasteiger partial charge in [0.15, 0.2) is 0 Å². The zero-order chi connectivity index (χ0) is 21.0. The van der Waals surface area contributed by atoms with Crippen LogP contribution in [-0.2, 0) is 9.53 Å². The van der Waals surface area contributed by atoms with Gasteiger partial charge in [0.25, 0.3) is 0 Å². The fourth-order valence-corrected chi connectivity index (χ4v) is 4.88. The van der Waals surface area contributed by atoms with E-state index in [2.05, 4.69) is 16.3 Å². The van der Waals surface area contributed by atoms with Crippen LogP contribution in [0.15, 0.2) is 28.9 Å². The van der Waals surface area contributed by atoms with E-state index in [1.807, 2.05) is 25.1 Å². The Morgan fingerprint density at radius 2 is 2.03 bits per heavy atom. The maximum atomic E-state index is 12.8. The van der Waals surface area contributed by atoms with Crippen molar-refractivity contribution >= 4 is 18.1 Å². The smallest absolute Gasteiger partial charge is 0.409 e. The highest BCUT2D eigenvalue weighted by molar-refractivity contribution is 5.83. The molecule has 7 nitrogen and oxygen atoms in total. The van der Waals surface area contributed by atoms with Crippen LogP contribution < -0.4 is 5.32 Å². The Labute approximate surface area is 178 Å². The molecule has 1 unspecified atom stereocenters. The van der Waals surface area contributed by atoms with Crippen LogP contribution in [0.4, 0.5) is 4.79 Å².